The average molecular weight is 399 g/mol. The summed E-state index contributed by atoms with van der Waals surface area (Å²) in [6.07, 6.45) is 7.94. The van der Waals surface area contributed by atoms with Crippen molar-refractivity contribution in [3.05, 3.63) is 70.7 Å². The van der Waals surface area contributed by atoms with Gasteiger partial charge in [0.25, 0.3) is 0 Å². The summed E-state index contributed by atoms with van der Waals surface area (Å²) in [6.45, 7) is 3.63. The van der Waals surface area contributed by atoms with E-state index in [0.717, 1.165) is 41.3 Å². The minimum Gasteiger partial charge on any atom is -0.445 e. The molecule has 4 rings (SSSR count). The summed E-state index contributed by atoms with van der Waals surface area (Å²) in [4.78, 5) is 19.0. The Labute approximate surface area is 169 Å². The van der Waals surface area contributed by atoms with E-state index in [0.29, 0.717) is 18.9 Å². The fourth-order valence-electron chi connectivity index (χ4n) is 3.62. The number of carbonyl (C=O) groups is 1. The Kier molecular flexibility index (Phi) is 5.48. The number of carbonyl (C=O) groups excluding carboxylic acids is 1. The van der Waals surface area contributed by atoms with Gasteiger partial charge in [0.05, 0.1) is 18.3 Å². The van der Waals surface area contributed by atoms with Gasteiger partial charge in [-0.05, 0) is 37.0 Å². The lowest BCUT2D eigenvalue weighted by molar-refractivity contribution is -0.133. The molecule has 0 N–H and O–H groups in total. The first kappa shape index (κ1) is 18.7. The lowest BCUT2D eigenvalue weighted by atomic mass is 9.98. The number of rotatable bonds is 5. The molecular weight excluding hydrogens is 376 g/mol. The van der Waals surface area contributed by atoms with Gasteiger partial charge in [-0.3, -0.25) is 9.48 Å². The van der Waals surface area contributed by atoms with Gasteiger partial charge in [-0.1, -0.05) is 29.8 Å². The minimum absolute atomic E-state index is 0.0793. The molecule has 1 aliphatic heterocycles. The van der Waals surface area contributed by atoms with Crippen LogP contribution in [0.15, 0.2) is 47.3 Å². The molecule has 0 radical (unpaired) electrons. The molecule has 0 aliphatic carbocycles. The summed E-state index contributed by atoms with van der Waals surface area (Å²) in [5.74, 6) is 1.70. The van der Waals surface area contributed by atoms with Crippen LogP contribution in [0.5, 0.6) is 0 Å². The zero-order chi connectivity index (χ0) is 19.5. The molecule has 0 spiro atoms. The van der Waals surface area contributed by atoms with Crippen molar-refractivity contribution in [2.24, 2.45) is 0 Å². The molecule has 3 aromatic rings. The van der Waals surface area contributed by atoms with Gasteiger partial charge < -0.3 is 9.32 Å². The van der Waals surface area contributed by atoms with E-state index < -0.39 is 0 Å². The van der Waals surface area contributed by atoms with Crippen molar-refractivity contribution >= 4 is 17.5 Å². The molecule has 0 bridgehead atoms. The van der Waals surface area contributed by atoms with E-state index in [2.05, 4.69) is 10.1 Å². The molecule has 1 saturated heterocycles. The van der Waals surface area contributed by atoms with Crippen molar-refractivity contribution in [2.45, 2.75) is 38.6 Å². The van der Waals surface area contributed by atoms with Crippen LogP contribution in [0.3, 0.4) is 0 Å². The normalized spacial score (nSPS) is 17.1. The molecule has 1 fully saturated rings. The maximum absolute atomic E-state index is 12.6. The van der Waals surface area contributed by atoms with Gasteiger partial charge in [0.1, 0.15) is 12.3 Å². The van der Waals surface area contributed by atoms with E-state index in [1.807, 2.05) is 42.3 Å². The van der Waals surface area contributed by atoms with Crippen molar-refractivity contribution in [1.29, 1.82) is 0 Å². The summed E-state index contributed by atoms with van der Waals surface area (Å²) in [5.41, 5.74) is 2.07. The Morgan fingerprint density at radius 3 is 2.96 bits per heavy atom. The molecule has 1 atom stereocenters. The molecule has 3 heterocycles. The van der Waals surface area contributed by atoms with E-state index in [4.69, 9.17) is 16.0 Å². The van der Waals surface area contributed by atoms with Gasteiger partial charge in [0.15, 0.2) is 5.89 Å². The van der Waals surface area contributed by atoms with E-state index in [-0.39, 0.29) is 18.4 Å². The van der Waals surface area contributed by atoms with Crippen LogP contribution in [-0.4, -0.2) is 38.7 Å². The van der Waals surface area contributed by atoms with E-state index in [1.54, 1.807) is 17.1 Å². The lowest BCUT2D eigenvalue weighted by Gasteiger charge is -2.31. The summed E-state index contributed by atoms with van der Waals surface area (Å²) < 4.78 is 7.70. The second-order valence-electron chi connectivity index (χ2n) is 7.33. The van der Waals surface area contributed by atoms with Crippen LogP contribution < -0.4 is 0 Å². The number of amides is 1. The number of likely N-dealkylation sites (tertiary alicyclic amines) is 1. The van der Waals surface area contributed by atoms with Crippen LogP contribution in [0.1, 0.15) is 41.5 Å². The van der Waals surface area contributed by atoms with Gasteiger partial charge in [0.2, 0.25) is 5.91 Å². The second-order valence-corrected chi connectivity index (χ2v) is 7.73. The summed E-state index contributed by atoms with van der Waals surface area (Å²) in [5, 5.41) is 4.93. The second kappa shape index (κ2) is 8.19. The van der Waals surface area contributed by atoms with Crippen molar-refractivity contribution in [2.75, 3.05) is 13.1 Å². The highest BCUT2D eigenvalue weighted by Crippen LogP contribution is 2.28. The molecule has 1 amide bonds. The zero-order valence-electron chi connectivity index (χ0n) is 15.8. The van der Waals surface area contributed by atoms with Crippen molar-refractivity contribution in [3.63, 3.8) is 0 Å². The number of oxazole rings is 1. The smallest absolute Gasteiger partial charge is 0.244 e. The molecule has 0 unspecified atom stereocenters. The fraction of sp³-hybridized carbons (Fsp3) is 0.381. The Morgan fingerprint density at radius 2 is 2.18 bits per heavy atom. The quantitative estimate of drug-likeness (QED) is 0.655. The van der Waals surface area contributed by atoms with Gasteiger partial charge in [-0.2, -0.15) is 5.10 Å². The lowest BCUT2D eigenvalue weighted by Crippen LogP contribution is -2.41. The highest BCUT2D eigenvalue weighted by atomic mass is 35.5. The van der Waals surface area contributed by atoms with Gasteiger partial charge >= 0.3 is 0 Å². The number of halogens is 1. The van der Waals surface area contributed by atoms with Crippen LogP contribution in [0.25, 0.3) is 0 Å². The molecule has 1 aliphatic rings. The van der Waals surface area contributed by atoms with Crippen molar-refractivity contribution < 1.29 is 9.21 Å². The van der Waals surface area contributed by atoms with Crippen molar-refractivity contribution in [3.8, 4) is 0 Å². The van der Waals surface area contributed by atoms with E-state index >= 15 is 0 Å². The molecular formula is C21H23ClN4O2. The van der Waals surface area contributed by atoms with Crippen LogP contribution in [-0.2, 0) is 17.8 Å². The highest BCUT2D eigenvalue weighted by Gasteiger charge is 2.28. The van der Waals surface area contributed by atoms with Gasteiger partial charge in [-0.15, -0.1) is 0 Å². The number of piperidine rings is 1. The Balaban J connectivity index is 1.40. The number of benzene rings is 1. The minimum atomic E-state index is 0.0793. The summed E-state index contributed by atoms with van der Waals surface area (Å²) >= 11 is 6.24. The third kappa shape index (κ3) is 4.28. The summed E-state index contributed by atoms with van der Waals surface area (Å²) in [6, 6.07) is 7.74. The molecule has 146 valence electrons. The average Bonchev–Trinajstić information content (AvgIpc) is 3.33. The van der Waals surface area contributed by atoms with Crippen LogP contribution >= 0.6 is 11.6 Å². The number of aromatic nitrogens is 3. The van der Waals surface area contributed by atoms with E-state index in [1.165, 1.54) is 0 Å². The predicted molar refractivity (Wildman–Crippen MR) is 106 cm³/mol. The molecule has 0 saturated carbocycles. The highest BCUT2D eigenvalue weighted by molar-refractivity contribution is 6.31. The topological polar surface area (TPSA) is 64.2 Å². The number of aryl methyl sites for hydroxylation is 1. The number of hydrogen-bond donors (Lipinski definition) is 0. The van der Waals surface area contributed by atoms with Crippen LogP contribution in [0.4, 0.5) is 0 Å². The van der Waals surface area contributed by atoms with E-state index in [9.17, 15) is 4.79 Å². The monoisotopic (exact) mass is 398 g/mol. The third-order valence-electron chi connectivity index (χ3n) is 5.08. The van der Waals surface area contributed by atoms with Gasteiger partial charge in [0, 0.05) is 30.7 Å². The molecule has 6 nitrogen and oxygen atoms in total. The number of hydrogen-bond acceptors (Lipinski definition) is 4. The Morgan fingerprint density at radius 1 is 1.32 bits per heavy atom. The predicted octanol–water partition coefficient (Wildman–Crippen LogP) is 3.83. The first-order valence-electron chi connectivity index (χ1n) is 9.53. The zero-order valence-corrected chi connectivity index (χ0v) is 16.6. The number of nitrogens with zero attached hydrogens (tertiary/aromatic N) is 4. The van der Waals surface area contributed by atoms with Crippen LogP contribution in [0, 0.1) is 6.92 Å². The first-order valence-corrected chi connectivity index (χ1v) is 9.91. The third-order valence-corrected chi connectivity index (χ3v) is 5.45. The molecule has 1 aromatic carbocycles. The molecule has 7 heteroatoms. The fourth-order valence-corrected chi connectivity index (χ4v) is 3.82. The van der Waals surface area contributed by atoms with Crippen molar-refractivity contribution in [1.82, 2.24) is 19.7 Å². The molecule has 2 aromatic heterocycles. The maximum atomic E-state index is 12.6. The van der Waals surface area contributed by atoms with Gasteiger partial charge in [-0.25, -0.2) is 4.98 Å². The van der Waals surface area contributed by atoms with Crippen LogP contribution in [0.2, 0.25) is 5.02 Å². The standard InChI is InChI=1S/C21H23ClN4O2/c1-15-10-24-26(12-15)14-20(27)25-8-4-6-17(13-25)21-23-11-18(28-21)9-16-5-2-3-7-19(16)22/h2-3,5,7,10-12,17H,4,6,8-9,13-14H2,1H3/t17-/m0/s1. The Hall–Kier alpha value is -2.60. The maximum Gasteiger partial charge on any atom is 0.244 e. The first-order chi connectivity index (χ1) is 13.6. The SMILES string of the molecule is Cc1cnn(CC(=O)N2CCC[C@H](c3ncc(Cc4ccccc4Cl)o3)C2)c1. The molecule has 28 heavy (non-hydrogen) atoms. The summed E-state index contributed by atoms with van der Waals surface area (Å²) in [7, 11) is 0. The largest absolute Gasteiger partial charge is 0.445 e. The Bertz CT molecular complexity index is 965.